The number of hydrogen-bond donors (Lipinski definition) is 2. The molecule has 1 fully saturated rings. The molecule has 9 heteroatoms. The molecule has 2 rings (SSSR count). The van der Waals surface area contributed by atoms with E-state index in [4.69, 9.17) is 9.73 Å². The van der Waals surface area contributed by atoms with Crippen molar-refractivity contribution in [3.8, 4) is 0 Å². The Hall–Kier alpha value is -0.910. The number of hydrogen-bond acceptors (Lipinski definition) is 5. The van der Waals surface area contributed by atoms with Crippen molar-refractivity contribution in [3.63, 3.8) is 0 Å². The Kier molecular flexibility index (Phi) is 12.3. The van der Waals surface area contributed by atoms with Gasteiger partial charge in [-0.2, -0.15) is 0 Å². The van der Waals surface area contributed by atoms with Gasteiger partial charge in [0.15, 0.2) is 15.8 Å². The van der Waals surface area contributed by atoms with Crippen molar-refractivity contribution >= 4 is 39.8 Å². The van der Waals surface area contributed by atoms with Crippen molar-refractivity contribution in [3.05, 3.63) is 29.3 Å². The minimum absolute atomic E-state index is 0. The lowest BCUT2D eigenvalue weighted by molar-refractivity contribution is 0.0132. The number of ether oxygens (including phenoxy) is 1. The third kappa shape index (κ3) is 9.63. The van der Waals surface area contributed by atoms with Crippen LogP contribution in [0.4, 0.5) is 0 Å². The summed E-state index contributed by atoms with van der Waals surface area (Å²) in [6.45, 7) is 14.0. The van der Waals surface area contributed by atoms with E-state index in [0.29, 0.717) is 23.4 Å². The quantitative estimate of drug-likeness (QED) is 0.272. The van der Waals surface area contributed by atoms with Crippen LogP contribution in [-0.2, 0) is 21.1 Å². The molecule has 0 bridgehead atoms. The first-order chi connectivity index (χ1) is 14.2. The second kappa shape index (κ2) is 13.6. The first-order valence-electron chi connectivity index (χ1n) is 10.8. The van der Waals surface area contributed by atoms with Crippen molar-refractivity contribution in [2.45, 2.75) is 51.6 Å². The minimum Gasteiger partial charge on any atom is -0.379 e. The Balaban J connectivity index is 0.00000480. The van der Waals surface area contributed by atoms with E-state index < -0.39 is 9.84 Å². The van der Waals surface area contributed by atoms with Gasteiger partial charge < -0.3 is 15.4 Å². The molecule has 0 aromatic heterocycles. The number of morpholine rings is 1. The van der Waals surface area contributed by atoms with Gasteiger partial charge in [0.1, 0.15) is 0 Å². The number of benzene rings is 1. The van der Waals surface area contributed by atoms with Crippen molar-refractivity contribution in [2.75, 3.05) is 45.6 Å². The molecule has 1 aromatic carbocycles. The summed E-state index contributed by atoms with van der Waals surface area (Å²) in [7, 11) is -3.20. The topological polar surface area (TPSA) is 83.0 Å². The van der Waals surface area contributed by atoms with E-state index >= 15 is 0 Å². The molecule has 0 amide bonds. The van der Waals surface area contributed by atoms with Gasteiger partial charge in [-0.3, -0.25) is 4.90 Å². The molecular formula is C22H39IN4O3S. The van der Waals surface area contributed by atoms with Gasteiger partial charge in [-0.15, -0.1) is 24.0 Å². The summed E-state index contributed by atoms with van der Waals surface area (Å²) in [5.74, 6) is 1.40. The predicted molar refractivity (Wildman–Crippen MR) is 138 cm³/mol. The van der Waals surface area contributed by atoms with Gasteiger partial charge in [0.2, 0.25) is 0 Å². The normalized spacial score (nSPS) is 16.6. The summed E-state index contributed by atoms with van der Waals surface area (Å²) in [5.41, 5.74) is 1.75. The lowest BCUT2D eigenvalue weighted by Gasteiger charge is -2.35. The summed E-state index contributed by atoms with van der Waals surface area (Å²) < 4.78 is 29.1. The number of sulfone groups is 1. The monoisotopic (exact) mass is 566 g/mol. The highest BCUT2D eigenvalue weighted by Crippen LogP contribution is 2.17. The smallest absolute Gasteiger partial charge is 0.191 e. The molecule has 2 N–H and O–H groups in total. The molecule has 0 aliphatic carbocycles. The second-order valence-corrected chi connectivity index (χ2v) is 10.4. The van der Waals surface area contributed by atoms with E-state index in [1.807, 2.05) is 19.1 Å². The van der Waals surface area contributed by atoms with E-state index in [9.17, 15) is 8.42 Å². The Labute approximate surface area is 205 Å². The van der Waals surface area contributed by atoms with E-state index in [1.54, 1.807) is 6.07 Å². The predicted octanol–water partition coefficient (Wildman–Crippen LogP) is 2.82. The van der Waals surface area contributed by atoms with E-state index in [1.165, 1.54) is 6.26 Å². The maximum absolute atomic E-state index is 11.8. The third-order valence-corrected chi connectivity index (χ3v) is 6.47. The average molecular weight is 567 g/mol. The fourth-order valence-electron chi connectivity index (χ4n) is 3.80. The van der Waals surface area contributed by atoms with Crippen molar-refractivity contribution in [1.29, 1.82) is 0 Å². The molecule has 1 atom stereocenters. The Morgan fingerprint density at radius 2 is 1.90 bits per heavy atom. The van der Waals surface area contributed by atoms with Crippen molar-refractivity contribution < 1.29 is 13.2 Å². The van der Waals surface area contributed by atoms with Crippen molar-refractivity contribution in [2.24, 2.45) is 10.9 Å². The van der Waals surface area contributed by atoms with E-state index in [-0.39, 0.29) is 24.0 Å². The summed E-state index contributed by atoms with van der Waals surface area (Å²) in [4.78, 5) is 7.60. The largest absolute Gasteiger partial charge is 0.379 e. The molecule has 0 spiro atoms. The highest BCUT2D eigenvalue weighted by atomic mass is 127. The summed E-state index contributed by atoms with van der Waals surface area (Å²) in [5, 5.41) is 6.82. The molecule has 7 nitrogen and oxygen atoms in total. The molecule has 1 aromatic rings. The number of nitrogens with zero attached hydrogens (tertiary/aromatic N) is 2. The molecule has 1 aliphatic rings. The van der Waals surface area contributed by atoms with E-state index in [0.717, 1.165) is 62.9 Å². The molecular weight excluding hydrogens is 527 g/mol. The zero-order valence-electron chi connectivity index (χ0n) is 19.5. The standard InChI is InChI=1S/C22H38N4O3S.HI/c1-6-23-22(24-15-19-7-8-21(18(4)14-19)30(5,27)28)25-16-20(13-17(2)3)26-9-11-29-12-10-26;/h7-8,14,17,20H,6,9-13,15-16H2,1-5H3,(H2,23,24,25);1H. The highest BCUT2D eigenvalue weighted by molar-refractivity contribution is 14.0. The van der Waals surface area contributed by atoms with Gasteiger partial charge in [-0.25, -0.2) is 13.4 Å². The van der Waals surface area contributed by atoms with Crippen LogP contribution < -0.4 is 10.6 Å². The van der Waals surface area contributed by atoms with Crippen LogP contribution in [0.25, 0.3) is 0 Å². The minimum atomic E-state index is -3.20. The maximum atomic E-state index is 11.8. The van der Waals surface area contributed by atoms with Gasteiger partial charge in [0, 0.05) is 38.5 Å². The molecule has 0 saturated carbocycles. The molecule has 1 unspecified atom stereocenters. The molecule has 31 heavy (non-hydrogen) atoms. The first kappa shape index (κ1) is 28.1. The van der Waals surface area contributed by atoms with Crippen LogP contribution in [0.15, 0.2) is 28.1 Å². The zero-order chi connectivity index (χ0) is 22.1. The van der Waals surface area contributed by atoms with Crippen LogP contribution in [0.5, 0.6) is 0 Å². The van der Waals surface area contributed by atoms with Gasteiger partial charge in [0.05, 0.1) is 24.7 Å². The Morgan fingerprint density at radius 1 is 1.23 bits per heavy atom. The van der Waals surface area contributed by atoms with Gasteiger partial charge in [-0.1, -0.05) is 26.0 Å². The fraction of sp³-hybridized carbons (Fsp3) is 0.682. The van der Waals surface area contributed by atoms with E-state index in [2.05, 4.69) is 36.3 Å². The third-order valence-electron chi connectivity index (χ3n) is 5.21. The molecule has 1 aliphatic heterocycles. The maximum Gasteiger partial charge on any atom is 0.191 e. The lowest BCUT2D eigenvalue weighted by atomic mass is 10.0. The first-order valence-corrected chi connectivity index (χ1v) is 12.7. The Morgan fingerprint density at radius 3 is 2.45 bits per heavy atom. The molecule has 178 valence electrons. The number of aryl methyl sites for hydroxylation is 1. The second-order valence-electron chi connectivity index (χ2n) is 8.38. The lowest BCUT2D eigenvalue weighted by Crippen LogP contribution is -2.51. The van der Waals surface area contributed by atoms with Gasteiger partial charge >= 0.3 is 0 Å². The number of nitrogens with one attached hydrogen (secondary N) is 2. The van der Waals surface area contributed by atoms with Crippen LogP contribution in [-0.4, -0.2) is 71.0 Å². The van der Waals surface area contributed by atoms with Gasteiger partial charge in [0.25, 0.3) is 0 Å². The molecule has 0 radical (unpaired) electrons. The summed E-state index contributed by atoms with van der Waals surface area (Å²) >= 11 is 0. The number of guanidine groups is 1. The Bertz CT molecular complexity index is 809. The summed E-state index contributed by atoms with van der Waals surface area (Å²) in [6.07, 6.45) is 2.36. The van der Waals surface area contributed by atoms with Gasteiger partial charge in [-0.05, 0) is 43.4 Å². The van der Waals surface area contributed by atoms with Crippen molar-refractivity contribution in [1.82, 2.24) is 15.5 Å². The SMILES string of the molecule is CCNC(=NCc1ccc(S(C)(=O)=O)c(C)c1)NCC(CC(C)C)N1CCOCC1.I. The number of rotatable bonds is 9. The van der Waals surface area contributed by atoms with Crippen LogP contribution >= 0.6 is 24.0 Å². The van der Waals surface area contributed by atoms with Crippen LogP contribution in [0, 0.1) is 12.8 Å². The van der Waals surface area contributed by atoms with Crippen LogP contribution in [0.2, 0.25) is 0 Å². The average Bonchev–Trinajstić information content (AvgIpc) is 2.68. The fourth-order valence-corrected chi connectivity index (χ4v) is 4.76. The molecule has 1 heterocycles. The zero-order valence-corrected chi connectivity index (χ0v) is 22.6. The molecule has 1 saturated heterocycles. The highest BCUT2D eigenvalue weighted by Gasteiger charge is 2.22. The summed E-state index contributed by atoms with van der Waals surface area (Å²) in [6, 6.07) is 5.85. The number of aliphatic imine (C=N–C) groups is 1. The van der Waals surface area contributed by atoms with Crippen LogP contribution in [0.1, 0.15) is 38.3 Å². The number of halogens is 1. The van der Waals surface area contributed by atoms with Crippen LogP contribution in [0.3, 0.4) is 0 Å².